The fourth-order valence-corrected chi connectivity index (χ4v) is 1.80. The van der Waals surface area contributed by atoms with Crippen molar-refractivity contribution in [3.63, 3.8) is 0 Å². The highest BCUT2D eigenvalue weighted by Crippen LogP contribution is 2.19. The van der Waals surface area contributed by atoms with Gasteiger partial charge >= 0.3 is 0 Å². The lowest BCUT2D eigenvalue weighted by atomic mass is 10.1. The minimum absolute atomic E-state index is 0.00737. The summed E-state index contributed by atoms with van der Waals surface area (Å²) in [6.07, 6.45) is 0. The first-order valence-corrected chi connectivity index (χ1v) is 5.85. The molecule has 1 amide bonds. The van der Waals surface area contributed by atoms with Crippen molar-refractivity contribution in [1.29, 1.82) is 0 Å². The molecule has 1 heterocycles. The van der Waals surface area contributed by atoms with E-state index in [1.165, 1.54) is 0 Å². The van der Waals surface area contributed by atoms with Gasteiger partial charge in [0.2, 0.25) is 5.91 Å². The summed E-state index contributed by atoms with van der Waals surface area (Å²) in [5.41, 5.74) is 3.48. The number of fused-ring (bicyclic) bond motifs is 1. The van der Waals surface area contributed by atoms with Crippen LogP contribution >= 0.6 is 0 Å². The number of aromatic amines is 1. The van der Waals surface area contributed by atoms with E-state index in [0.717, 1.165) is 22.4 Å². The first-order valence-electron chi connectivity index (χ1n) is 5.85. The topological polar surface area (TPSA) is 49.0 Å². The van der Waals surface area contributed by atoms with Crippen molar-refractivity contribution in [2.45, 2.75) is 13.8 Å². The Hall–Kier alpha value is -2.10. The van der Waals surface area contributed by atoms with Crippen LogP contribution in [-0.2, 0) is 4.79 Å². The van der Waals surface area contributed by atoms with Gasteiger partial charge in [-0.05, 0) is 26.0 Å². The number of nitrogens with one attached hydrogen (secondary N) is 1. The molecular weight excluding hydrogens is 226 g/mol. The zero-order valence-electron chi connectivity index (χ0n) is 11.1. The van der Waals surface area contributed by atoms with E-state index in [2.05, 4.69) is 9.97 Å². The molecule has 0 aliphatic carbocycles. The van der Waals surface area contributed by atoms with Crippen molar-refractivity contribution in [2.75, 3.05) is 14.1 Å². The van der Waals surface area contributed by atoms with Gasteiger partial charge in [-0.3, -0.25) is 4.79 Å². The third-order valence-corrected chi connectivity index (χ3v) is 3.03. The maximum absolute atomic E-state index is 11.9. The Bertz CT molecular complexity index is 590. The van der Waals surface area contributed by atoms with Gasteiger partial charge in [-0.1, -0.05) is 12.1 Å². The second-order valence-electron chi connectivity index (χ2n) is 4.55. The van der Waals surface area contributed by atoms with Crippen LogP contribution in [0.4, 0.5) is 0 Å². The van der Waals surface area contributed by atoms with E-state index in [4.69, 9.17) is 0 Å². The van der Waals surface area contributed by atoms with Crippen LogP contribution in [0.25, 0.3) is 16.6 Å². The molecule has 2 rings (SSSR count). The summed E-state index contributed by atoms with van der Waals surface area (Å²) in [4.78, 5) is 21.2. The normalized spacial score (nSPS) is 12.4. The molecule has 2 aromatic rings. The number of amides is 1. The van der Waals surface area contributed by atoms with Crippen molar-refractivity contribution in [3.8, 4) is 0 Å². The Morgan fingerprint density at radius 2 is 1.89 bits per heavy atom. The Kier molecular flexibility index (Phi) is 3.19. The average molecular weight is 243 g/mol. The van der Waals surface area contributed by atoms with Gasteiger partial charge in [0.15, 0.2) is 0 Å². The minimum atomic E-state index is 0.00737. The van der Waals surface area contributed by atoms with Crippen LogP contribution in [0.15, 0.2) is 29.8 Å². The van der Waals surface area contributed by atoms with Crippen molar-refractivity contribution in [2.24, 2.45) is 0 Å². The molecule has 1 aromatic heterocycles. The Morgan fingerprint density at radius 1 is 1.22 bits per heavy atom. The third kappa shape index (κ3) is 2.14. The smallest absolute Gasteiger partial charge is 0.249 e. The maximum atomic E-state index is 11.9. The number of carbonyl (C=O) groups is 1. The number of hydrogen-bond acceptors (Lipinski definition) is 2. The molecule has 4 nitrogen and oxygen atoms in total. The molecule has 0 saturated carbocycles. The van der Waals surface area contributed by atoms with E-state index < -0.39 is 0 Å². The van der Waals surface area contributed by atoms with Crippen molar-refractivity contribution in [3.05, 3.63) is 35.7 Å². The van der Waals surface area contributed by atoms with Gasteiger partial charge in [0.05, 0.1) is 11.0 Å². The lowest BCUT2D eigenvalue weighted by Gasteiger charge is -2.12. The van der Waals surface area contributed by atoms with Gasteiger partial charge in [-0.2, -0.15) is 0 Å². The summed E-state index contributed by atoms with van der Waals surface area (Å²) in [5.74, 6) is 0.761. The number of hydrogen-bond donors (Lipinski definition) is 1. The number of imidazole rings is 1. The summed E-state index contributed by atoms with van der Waals surface area (Å²) in [6, 6.07) is 7.83. The fraction of sp³-hybridized carbons (Fsp3) is 0.286. The summed E-state index contributed by atoms with van der Waals surface area (Å²) in [5, 5.41) is 0. The zero-order chi connectivity index (χ0) is 13.3. The monoisotopic (exact) mass is 243 g/mol. The summed E-state index contributed by atoms with van der Waals surface area (Å²) in [7, 11) is 3.50. The molecule has 0 aliphatic rings. The van der Waals surface area contributed by atoms with Gasteiger partial charge < -0.3 is 9.88 Å². The van der Waals surface area contributed by atoms with E-state index in [1.807, 2.05) is 38.1 Å². The Morgan fingerprint density at radius 3 is 2.50 bits per heavy atom. The second-order valence-corrected chi connectivity index (χ2v) is 4.55. The summed E-state index contributed by atoms with van der Waals surface area (Å²) in [6.45, 7) is 3.74. The molecule has 0 bridgehead atoms. The molecule has 94 valence electrons. The van der Waals surface area contributed by atoms with Crippen LogP contribution in [0.2, 0.25) is 0 Å². The van der Waals surface area contributed by atoms with Crippen molar-refractivity contribution < 1.29 is 4.79 Å². The molecule has 1 aromatic carbocycles. The van der Waals surface area contributed by atoms with Crippen molar-refractivity contribution >= 4 is 22.5 Å². The van der Waals surface area contributed by atoms with Crippen LogP contribution in [0.5, 0.6) is 0 Å². The number of allylic oxidation sites excluding steroid dienone is 1. The summed E-state index contributed by atoms with van der Waals surface area (Å²) >= 11 is 0. The van der Waals surface area contributed by atoms with Crippen LogP contribution < -0.4 is 0 Å². The predicted molar refractivity (Wildman–Crippen MR) is 73.1 cm³/mol. The molecule has 1 N–H and O–H groups in total. The average Bonchev–Trinajstić information content (AvgIpc) is 2.79. The van der Waals surface area contributed by atoms with E-state index in [-0.39, 0.29) is 5.91 Å². The number of rotatable bonds is 2. The zero-order valence-corrected chi connectivity index (χ0v) is 11.1. The third-order valence-electron chi connectivity index (χ3n) is 3.03. The standard InChI is InChI=1S/C14H17N3O/c1-9(10(2)14(18)17(3)4)13-15-11-7-5-6-8-12(11)16-13/h5-8H,1-4H3,(H,15,16)/b10-9+. The van der Waals surface area contributed by atoms with Gasteiger partial charge in [-0.15, -0.1) is 0 Å². The van der Waals surface area contributed by atoms with E-state index in [0.29, 0.717) is 5.57 Å². The number of carbonyl (C=O) groups excluding carboxylic acids is 1. The quantitative estimate of drug-likeness (QED) is 0.824. The molecular formula is C14H17N3O. The number of para-hydroxylation sites is 2. The van der Waals surface area contributed by atoms with Crippen LogP contribution in [0.1, 0.15) is 19.7 Å². The number of benzene rings is 1. The summed E-state index contributed by atoms with van der Waals surface area (Å²) < 4.78 is 0. The number of nitrogens with zero attached hydrogens (tertiary/aromatic N) is 2. The number of aromatic nitrogens is 2. The Labute approximate surface area is 106 Å². The molecule has 18 heavy (non-hydrogen) atoms. The van der Waals surface area contributed by atoms with E-state index in [9.17, 15) is 4.79 Å². The molecule has 0 atom stereocenters. The molecule has 4 heteroatoms. The van der Waals surface area contributed by atoms with Gasteiger partial charge in [0, 0.05) is 25.2 Å². The molecule has 0 spiro atoms. The first kappa shape index (κ1) is 12.4. The van der Waals surface area contributed by atoms with E-state index in [1.54, 1.807) is 19.0 Å². The van der Waals surface area contributed by atoms with Crippen molar-refractivity contribution in [1.82, 2.24) is 14.9 Å². The lowest BCUT2D eigenvalue weighted by Crippen LogP contribution is -2.23. The highest BCUT2D eigenvalue weighted by Gasteiger charge is 2.13. The van der Waals surface area contributed by atoms with Crippen LogP contribution in [-0.4, -0.2) is 34.9 Å². The largest absolute Gasteiger partial charge is 0.345 e. The van der Waals surface area contributed by atoms with Gasteiger partial charge in [-0.25, -0.2) is 4.98 Å². The van der Waals surface area contributed by atoms with E-state index >= 15 is 0 Å². The van der Waals surface area contributed by atoms with Gasteiger partial charge in [0.1, 0.15) is 5.82 Å². The molecule has 0 unspecified atom stereocenters. The molecule has 0 radical (unpaired) electrons. The first-order chi connectivity index (χ1) is 8.50. The second kappa shape index (κ2) is 4.64. The number of H-pyrrole nitrogens is 1. The maximum Gasteiger partial charge on any atom is 0.249 e. The molecule has 0 fully saturated rings. The molecule has 0 aliphatic heterocycles. The molecule has 0 saturated heterocycles. The minimum Gasteiger partial charge on any atom is -0.345 e. The Balaban J connectivity index is 2.47. The highest BCUT2D eigenvalue weighted by molar-refractivity contribution is 5.99. The number of likely N-dealkylation sites (N-methyl/N-ethyl adjacent to an activating group) is 1. The SMILES string of the molecule is C/C(C(=O)N(C)C)=C(/C)c1nc2ccccc2[nH]1. The van der Waals surface area contributed by atoms with Gasteiger partial charge in [0.25, 0.3) is 0 Å². The lowest BCUT2D eigenvalue weighted by molar-refractivity contribution is -0.124. The highest BCUT2D eigenvalue weighted by atomic mass is 16.2. The van der Waals surface area contributed by atoms with Crippen LogP contribution in [0.3, 0.4) is 0 Å². The van der Waals surface area contributed by atoms with Crippen LogP contribution in [0, 0.1) is 0 Å². The predicted octanol–water partition coefficient (Wildman–Crippen LogP) is 2.44. The fourth-order valence-electron chi connectivity index (χ4n) is 1.80.